The number of benzene rings is 1. The summed E-state index contributed by atoms with van der Waals surface area (Å²) < 4.78 is 5.22. The van der Waals surface area contributed by atoms with E-state index in [-0.39, 0.29) is 5.97 Å². The highest BCUT2D eigenvalue weighted by atomic mass is 16.5. The van der Waals surface area contributed by atoms with E-state index in [1.807, 2.05) is 19.9 Å². The molecule has 1 aliphatic rings. The van der Waals surface area contributed by atoms with Crippen molar-refractivity contribution in [3.8, 4) is 0 Å². The van der Waals surface area contributed by atoms with Crippen LogP contribution < -0.4 is 5.73 Å². The summed E-state index contributed by atoms with van der Waals surface area (Å²) in [6.07, 6.45) is 2.35. The lowest BCUT2D eigenvalue weighted by molar-refractivity contribution is 0.0487. The van der Waals surface area contributed by atoms with Crippen molar-refractivity contribution in [2.45, 2.75) is 26.7 Å². The van der Waals surface area contributed by atoms with Gasteiger partial charge in [0.2, 0.25) is 0 Å². The Bertz CT molecular complexity index is 422. The van der Waals surface area contributed by atoms with Gasteiger partial charge >= 0.3 is 5.97 Å². The van der Waals surface area contributed by atoms with Crippen LogP contribution in [0.5, 0.6) is 0 Å². The van der Waals surface area contributed by atoms with Crippen LogP contribution in [0.25, 0.3) is 0 Å². The number of carbonyl (C=O) groups excluding carboxylic acids is 1. The molecule has 0 amide bonds. The summed E-state index contributed by atoms with van der Waals surface area (Å²) in [7, 11) is 0. The van der Waals surface area contributed by atoms with Gasteiger partial charge in [-0.3, -0.25) is 0 Å². The summed E-state index contributed by atoms with van der Waals surface area (Å²) >= 11 is 0. The normalized spacial score (nSPS) is 14.9. The molecule has 2 N–H and O–H groups in total. The summed E-state index contributed by atoms with van der Waals surface area (Å²) in [6.45, 7) is 4.38. The van der Waals surface area contributed by atoms with Gasteiger partial charge in [-0.1, -0.05) is 6.07 Å². The first kappa shape index (κ1) is 11.0. The Kier molecular flexibility index (Phi) is 2.86. The lowest BCUT2D eigenvalue weighted by atomic mass is 10.0. The van der Waals surface area contributed by atoms with Crippen LogP contribution in [-0.2, 0) is 4.74 Å². The maximum Gasteiger partial charge on any atom is 0.340 e. The molecule has 0 spiro atoms. The molecule has 1 aromatic rings. The molecule has 1 aromatic carbocycles. The van der Waals surface area contributed by atoms with Gasteiger partial charge in [0.1, 0.15) is 0 Å². The molecule has 0 saturated heterocycles. The molecule has 0 aliphatic heterocycles. The largest absolute Gasteiger partial charge is 0.462 e. The predicted molar refractivity (Wildman–Crippen MR) is 63.3 cm³/mol. The highest BCUT2D eigenvalue weighted by Crippen LogP contribution is 2.29. The first-order valence-electron chi connectivity index (χ1n) is 5.62. The lowest BCUT2D eigenvalue weighted by Gasteiger charge is -2.09. The maximum atomic E-state index is 11.8. The molecule has 86 valence electrons. The van der Waals surface area contributed by atoms with E-state index in [4.69, 9.17) is 10.5 Å². The molecule has 3 heteroatoms. The molecule has 0 heterocycles. The number of ether oxygens (including phenoxy) is 1. The molecular weight excluding hydrogens is 202 g/mol. The number of nitrogens with two attached hydrogens (primary N) is 1. The van der Waals surface area contributed by atoms with Crippen LogP contribution in [0.15, 0.2) is 12.1 Å². The quantitative estimate of drug-likeness (QED) is 0.627. The number of hydrogen-bond donors (Lipinski definition) is 1. The van der Waals surface area contributed by atoms with Crippen molar-refractivity contribution >= 4 is 11.7 Å². The number of rotatable bonds is 3. The van der Waals surface area contributed by atoms with Gasteiger partial charge in [0.15, 0.2) is 0 Å². The van der Waals surface area contributed by atoms with Gasteiger partial charge in [0.25, 0.3) is 0 Å². The second kappa shape index (κ2) is 4.16. The summed E-state index contributed by atoms with van der Waals surface area (Å²) in [6, 6.07) is 3.75. The average molecular weight is 219 g/mol. The van der Waals surface area contributed by atoms with Crippen molar-refractivity contribution in [2.24, 2.45) is 5.92 Å². The summed E-state index contributed by atoms with van der Waals surface area (Å²) in [4.78, 5) is 11.8. The number of aryl methyl sites for hydroxylation is 2. The molecule has 1 aliphatic carbocycles. The van der Waals surface area contributed by atoms with E-state index in [0.717, 1.165) is 11.1 Å². The van der Waals surface area contributed by atoms with Crippen LogP contribution in [0.4, 0.5) is 5.69 Å². The highest BCUT2D eigenvalue weighted by Gasteiger charge is 2.24. The van der Waals surface area contributed by atoms with E-state index < -0.39 is 0 Å². The summed E-state index contributed by atoms with van der Waals surface area (Å²) in [5.74, 6) is 0.285. The zero-order chi connectivity index (χ0) is 11.7. The SMILES string of the molecule is Cc1cc(C)c(N)c(C(=O)OCC2CC2)c1. The van der Waals surface area contributed by atoms with Crippen LogP contribution in [0.3, 0.4) is 0 Å². The minimum atomic E-state index is -0.295. The number of esters is 1. The van der Waals surface area contributed by atoms with Gasteiger partial charge in [-0.25, -0.2) is 4.79 Å². The Morgan fingerprint density at radius 2 is 2.12 bits per heavy atom. The number of nitrogen functional groups attached to an aromatic ring is 1. The lowest BCUT2D eigenvalue weighted by Crippen LogP contribution is -2.11. The second-order valence-corrected chi connectivity index (χ2v) is 4.58. The smallest absolute Gasteiger partial charge is 0.340 e. The van der Waals surface area contributed by atoms with Crippen molar-refractivity contribution in [3.05, 3.63) is 28.8 Å². The van der Waals surface area contributed by atoms with Crippen LogP contribution in [0.1, 0.15) is 34.3 Å². The van der Waals surface area contributed by atoms with Crippen LogP contribution in [-0.4, -0.2) is 12.6 Å². The van der Waals surface area contributed by atoms with E-state index in [2.05, 4.69) is 0 Å². The molecule has 0 aromatic heterocycles. The Hall–Kier alpha value is -1.51. The van der Waals surface area contributed by atoms with Crippen molar-refractivity contribution < 1.29 is 9.53 Å². The highest BCUT2D eigenvalue weighted by molar-refractivity contribution is 5.96. The van der Waals surface area contributed by atoms with Gasteiger partial charge < -0.3 is 10.5 Å². The molecule has 1 saturated carbocycles. The fourth-order valence-corrected chi connectivity index (χ4v) is 1.70. The second-order valence-electron chi connectivity index (χ2n) is 4.58. The zero-order valence-corrected chi connectivity index (χ0v) is 9.75. The van der Waals surface area contributed by atoms with Crippen molar-refractivity contribution in [2.75, 3.05) is 12.3 Å². The van der Waals surface area contributed by atoms with Crippen molar-refractivity contribution in [3.63, 3.8) is 0 Å². The fourth-order valence-electron chi connectivity index (χ4n) is 1.70. The Morgan fingerprint density at radius 3 is 2.75 bits per heavy atom. The van der Waals surface area contributed by atoms with E-state index in [1.54, 1.807) is 6.07 Å². The number of hydrogen-bond acceptors (Lipinski definition) is 3. The Morgan fingerprint density at radius 1 is 1.44 bits per heavy atom. The number of anilines is 1. The van der Waals surface area contributed by atoms with Crippen molar-refractivity contribution in [1.82, 2.24) is 0 Å². The minimum Gasteiger partial charge on any atom is -0.462 e. The summed E-state index contributed by atoms with van der Waals surface area (Å²) in [5, 5.41) is 0. The third-order valence-electron chi connectivity index (χ3n) is 2.90. The monoisotopic (exact) mass is 219 g/mol. The Labute approximate surface area is 95.6 Å². The van der Waals surface area contributed by atoms with E-state index in [0.29, 0.717) is 23.8 Å². The average Bonchev–Trinajstić information content (AvgIpc) is 3.03. The van der Waals surface area contributed by atoms with E-state index in [9.17, 15) is 4.79 Å². The van der Waals surface area contributed by atoms with Crippen LogP contribution >= 0.6 is 0 Å². The molecule has 0 bridgehead atoms. The van der Waals surface area contributed by atoms with Gasteiger partial charge in [-0.15, -0.1) is 0 Å². The van der Waals surface area contributed by atoms with Gasteiger partial charge in [0, 0.05) is 5.69 Å². The first-order valence-corrected chi connectivity index (χ1v) is 5.62. The van der Waals surface area contributed by atoms with Gasteiger partial charge in [-0.2, -0.15) is 0 Å². The van der Waals surface area contributed by atoms with E-state index >= 15 is 0 Å². The molecule has 1 fully saturated rings. The van der Waals surface area contributed by atoms with Crippen LogP contribution in [0, 0.1) is 19.8 Å². The third kappa shape index (κ3) is 2.35. The molecule has 0 unspecified atom stereocenters. The molecule has 0 radical (unpaired) electrons. The van der Waals surface area contributed by atoms with Crippen molar-refractivity contribution in [1.29, 1.82) is 0 Å². The maximum absolute atomic E-state index is 11.8. The molecule has 3 nitrogen and oxygen atoms in total. The van der Waals surface area contributed by atoms with Crippen LogP contribution in [0.2, 0.25) is 0 Å². The standard InChI is InChI=1S/C13H17NO2/c1-8-5-9(2)12(14)11(6-8)13(15)16-7-10-3-4-10/h5-6,10H,3-4,7,14H2,1-2H3. The van der Waals surface area contributed by atoms with E-state index in [1.165, 1.54) is 12.8 Å². The zero-order valence-electron chi connectivity index (χ0n) is 9.75. The molecular formula is C13H17NO2. The topological polar surface area (TPSA) is 52.3 Å². The molecule has 16 heavy (non-hydrogen) atoms. The summed E-state index contributed by atoms with van der Waals surface area (Å²) in [5.41, 5.74) is 8.87. The van der Waals surface area contributed by atoms with Gasteiger partial charge in [-0.05, 0) is 49.8 Å². The predicted octanol–water partition coefficient (Wildman–Crippen LogP) is 2.45. The Balaban J connectivity index is 2.14. The molecule has 0 atom stereocenters. The first-order chi connectivity index (χ1) is 7.58. The number of carbonyl (C=O) groups is 1. The fraction of sp³-hybridized carbons (Fsp3) is 0.462. The minimum absolute atomic E-state index is 0.295. The van der Waals surface area contributed by atoms with Gasteiger partial charge in [0.05, 0.1) is 12.2 Å². The third-order valence-corrected chi connectivity index (χ3v) is 2.90. The molecule has 2 rings (SSSR count).